The predicted octanol–water partition coefficient (Wildman–Crippen LogP) is 2.86. The molecule has 3 heterocycles. The molecule has 3 aromatic rings. The summed E-state index contributed by atoms with van der Waals surface area (Å²) >= 11 is 0. The summed E-state index contributed by atoms with van der Waals surface area (Å²) < 4.78 is 7.74. The van der Waals surface area contributed by atoms with Crippen LogP contribution in [0, 0.1) is 6.92 Å². The van der Waals surface area contributed by atoms with E-state index < -0.39 is 0 Å². The number of carbonyl (C=O) groups excluding carboxylic acids is 1. The number of aromatic nitrogens is 3. The molecule has 7 nitrogen and oxygen atoms in total. The van der Waals surface area contributed by atoms with Crippen LogP contribution >= 0.6 is 0 Å². The highest BCUT2D eigenvalue weighted by molar-refractivity contribution is 5.74. The third-order valence-corrected chi connectivity index (χ3v) is 4.85. The fourth-order valence-electron chi connectivity index (χ4n) is 3.28. The molecule has 1 aromatic carbocycles. The van der Waals surface area contributed by atoms with Gasteiger partial charge in [0.05, 0.1) is 13.2 Å². The van der Waals surface area contributed by atoms with E-state index in [0.29, 0.717) is 26.2 Å². The molecule has 1 aliphatic heterocycles. The molecule has 1 unspecified atom stereocenters. The molecule has 2 amide bonds. The second-order valence-corrected chi connectivity index (χ2v) is 6.74. The van der Waals surface area contributed by atoms with E-state index in [-0.39, 0.29) is 12.1 Å². The summed E-state index contributed by atoms with van der Waals surface area (Å²) in [5.41, 5.74) is 2.04. The molecule has 2 aromatic heterocycles. The van der Waals surface area contributed by atoms with Gasteiger partial charge in [0, 0.05) is 31.7 Å². The topological polar surface area (TPSA) is 72.3 Å². The number of carbonyl (C=O) groups is 1. The predicted molar refractivity (Wildman–Crippen MR) is 105 cm³/mol. The van der Waals surface area contributed by atoms with Gasteiger partial charge in [-0.25, -0.2) is 14.8 Å². The van der Waals surface area contributed by atoms with Crippen LogP contribution < -0.4 is 5.32 Å². The minimum Gasteiger partial charge on any atom is -0.370 e. The van der Waals surface area contributed by atoms with E-state index >= 15 is 0 Å². The Kier molecular flexibility index (Phi) is 5.34. The van der Waals surface area contributed by atoms with Gasteiger partial charge in [-0.1, -0.05) is 36.4 Å². The van der Waals surface area contributed by atoms with E-state index in [1.165, 1.54) is 0 Å². The maximum atomic E-state index is 12.6. The molecule has 0 aliphatic carbocycles. The van der Waals surface area contributed by atoms with Crippen molar-refractivity contribution in [3.8, 4) is 5.82 Å². The number of nitrogens with one attached hydrogen (secondary N) is 1. The normalized spacial score (nSPS) is 16.8. The molecule has 144 valence electrons. The van der Waals surface area contributed by atoms with Crippen LogP contribution in [0.15, 0.2) is 61.1 Å². The highest BCUT2D eigenvalue weighted by Crippen LogP contribution is 2.21. The van der Waals surface area contributed by atoms with E-state index in [1.54, 1.807) is 17.3 Å². The smallest absolute Gasteiger partial charge is 0.317 e. The Morgan fingerprint density at radius 2 is 2.07 bits per heavy atom. The molecule has 0 saturated carbocycles. The summed E-state index contributed by atoms with van der Waals surface area (Å²) in [6, 6.07) is 13.8. The molecule has 0 radical (unpaired) electrons. The van der Waals surface area contributed by atoms with Crippen LogP contribution in [0.2, 0.25) is 0 Å². The van der Waals surface area contributed by atoms with Crippen molar-refractivity contribution in [1.82, 2.24) is 24.8 Å². The zero-order valence-electron chi connectivity index (χ0n) is 15.8. The van der Waals surface area contributed by atoms with Gasteiger partial charge in [0.1, 0.15) is 17.7 Å². The molecular formula is C21H23N5O2. The van der Waals surface area contributed by atoms with Gasteiger partial charge in [-0.05, 0) is 24.1 Å². The van der Waals surface area contributed by atoms with Crippen LogP contribution in [0.25, 0.3) is 5.82 Å². The van der Waals surface area contributed by atoms with Gasteiger partial charge in [0.25, 0.3) is 0 Å². The standard InChI is InChI=1S/C21H23N5O2/c1-16-22-9-10-26(16)20-8-7-17(13-23-20)14-24-21(27)25-11-12-28-19(15-25)18-5-3-2-4-6-18/h2-10,13,19H,11-12,14-15H2,1H3,(H,24,27). The number of urea groups is 1. The van der Waals surface area contributed by atoms with Crippen molar-refractivity contribution in [3.05, 3.63) is 78.0 Å². The first-order valence-corrected chi connectivity index (χ1v) is 9.35. The number of amides is 2. The van der Waals surface area contributed by atoms with Gasteiger partial charge in [-0.2, -0.15) is 0 Å². The van der Waals surface area contributed by atoms with Crippen molar-refractivity contribution in [2.45, 2.75) is 19.6 Å². The number of nitrogens with zero attached hydrogens (tertiary/aromatic N) is 4. The maximum absolute atomic E-state index is 12.6. The lowest BCUT2D eigenvalue weighted by Gasteiger charge is -2.33. The number of pyridine rings is 1. The maximum Gasteiger partial charge on any atom is 0.317 e. The molecule has 28 heavy (non-hydrogen) atoms. The van der Waals surface area contributed by atoms with Crippen molar-refractivity contribution >= 4 is 6.03 Å². The molecule has 4 rings (SSSR count). The van der Waals surface area contributed by atoms with E-state index in [9.17, 15) is 4.79 Å². The average Bonchev–Trinajstić information content (AvgIpc) is 3.19. The third kappa shape index (κ3) is 4.04. The molecule has 0 bridgehead atoms. The van der Waals surface area contributed by atoms with E-state index in [2.05, 4.69) is 15.3 Å². The Balaban J connectivity index is 1.33. The van der Waals surface area contributed by atoms with Crippen molar-refractivity contribution in [2.24, 2.45) is 0 Å². The van der Waals surface area contributed by atoms with Crippen LogP contribution in [0.1, 0.15) is 23.1 Å². The number of hydrogen-bond donors (Lipinski definition) is 1. The molecule has 1 atom stereocenters. The third-order valence-electron chi connectivity index (χ3n) is 4.85. The molecule has 1 saturated heterocycles. The van der Waals surface area contributed by atoms with Crippen molar-refractivity contribution in [3.63, 3.8) is 0 Å². The quantitative estimate of drug-likeness (QED) is 0.759. The largest absolute Gasteiger partial charge is 0.370 e. The first-order valence-electron chi connectivity index (χ1n) is 9.35. The number of benzene rings is 1. The van der Waals surface area contributed by atoms with Gasteiger partial charge in [-0.15, -0.1) is 0 Å². The summed E-state index contributed by atoms with van der Waals surface area (Å²) in [6.45, 7) is 4.04. The Bertz CT molecular complexity index is 923. The lowest BCUT2D eigenvalue weighted by Crippen LogP contribution is -2.46. The van der Waals surface area contributed by atoms with Crippen molar-refractivity contribution < 1.29 is 9.53 Å². The summed E-state index contributed by atoms with van der Waals surface area (Å²) in [5.74, 6) is 1.69. The zero-order valence-corrected chi connectivity index (χ0v) is 15.8. The molecule has 1 N–H and O–H groups in total. The number of aryl methyl sites for hydroxylation is 1. The molecule has 7 heteroatoms. The highest BCUT2D eigenvalue weighted by atomic mass is 16.5. The summed E-state index contributed by atoms with van der Waals surface area (Å²) in [6.07, 6.45) is 5.32. The van der Waals surface area contributed by atoms with E-state index in [0.717, 1.165) is 22.8 Å². The van der Waals surface area contributed by atoms with Crippen LogP contribution in [0.4, 0.5) is 4.79 Å². The Morgan fingerprint density at radius 1 is 1.21 bits per heavy atom. The van der Waals surface area contributed by atoms with Gasteiger partial charge >= 0.3 is 6.03 Å². The van der Waals surface area contributed by atoms with E-state index in [1.807, 2.05) is 60.2 Å². The minimum atomic E-state index is -0.0845. The van der Waals surface area contributed by atoms with Gasteiger partial charge in [0.2, 0.25) is 0 Å². The lowest BCUT2D eigenvalue weighted by molar-refractivity contribution is -0.0154. The van der Waals surface area contributed by atoms with Crippen LogP contribution in [-0.4, -0.2) is 45.2 Å². The van der Waals surface area contributed by atoms with E-state index in [4.69, 9.17) is 4.74 Å². The number of imidazole rings is 1. The molecular weight excluding hydrogens is 354 g/mol. The first kappa shape index (κ1) is 18.2. The highest BCUT2D eigenvalue weighted by Gasteiger charge is 2.25. The summed E-state index contributed by atoms with van der Waals surface area (Å²) in [7, 11) is 0. The summed E-state index contributed by atoms with van der Waals surface area (Å²) in [4.78, 5) is 23.0. The fraction of sp³-hybridized carbons (Fsp3) is 0.286. The van der Waals surface area contributed by atoms with Crippen LogP contribution in [-0.2, 0) is 11.3 Å². The monoisotopic (exact) mass is 377 g/mol. The SMILES string of the molecule is Cc1nccn1-c1ccc(CNC(=O)N2CCOC(c3ccccc3)C2)cn1. The minimum absolute atomic E-state index is 0.0833. The lowest BCUT2D eigenvalue weighted by atomic mass is 10.1. The zero-order chi connectivity index (χ0) is 19.3. The van der Waals surface area contributed by atoms with Gasteiger partial charge in [-0.3, -0.25) is 4.57 Å². The van der Waals surface area contributed by atoms with Crippen LogP contribution in [0.3, 0.4) is 0 Å². The summed E-state index contributed by atoms with van der Waals surface area (Å²) in [5, 5.41) is 2.98. The number of hydrogen-bond acceptors (Lipinski definition) is 4. The Morgan fingerprint density at radius 3 is 2.79 bits per heavy atom. The second kappa shape index (κ2) is 8.22. The van der Waals surface area contributed by atoms with Crippen molar-refractivity contribution in [1.29, 1.82) is 0 Å². The van der Waals surface area contributed by atoms with Gasteiger partial charge < -0.3 is 15.0 Å². The molecule has 1 fully saturated rings. The molecule has 1 aliphatic rings. The first-order chi connectivity index (χ1) is 13.7. The molecule has 0 spiro atoms. The van der Waals surface area contributed by atoms with Crippen LogP contribution in [0.5, 0.6) is 0 Å². The fourth-order valence-corrected chi connectivity index (χ4v) is 3.28. The second-order valence-electron chi connectivity index (χ2n) is 6.74. The van der Waals surface area contributed by atoms with Crippen molar-refractivity contribution in [2.75, 3.05) is 19.7 Å². The Hall–Kier alpha value is -3.19. The number of morpholine rings is 1. The average molecular weight is 377 g/mol. The number of ether oxygens (including phenoxy) is 1. The van der Waals surface area contributed by atoms with Gasteiger partial charge in [0.15, 0.2) is 0 Å². The Labute approximate surface area is 164 Å². The number of rotatable bonds is 4.